The molecule has 1 atom stereocenters. The fourth-order valence-corrected chi connectivity index (χ4v) is 5.43. The molecular formula is C24H27FN6. The molecule has 0 radical (unpaired) electrons. The van der Waals surface area contributed by atoms with Gasteiger partial charge < -0.3 is 0 Å². The predicted octanol–water partition coefficient (Wildman–Crippen LogP) is 4.69. The Labute approximate surface area is 180 Å². The molecule has 1 aliphatic carbocycles. The van der Waals surface area contributed by atoms with Crippen molar-refractivity contribution in [2.75, 3.05) is 13.1 Å². The number of fused-ring (bicyclic) bond motifs is 2. The van der Waals surface area contributed by atoms with E-state index in [4.69, 9.17) is 0 Å². The molecule has 6 rings (SSSR count). The van der Waals surface area contributed by atoms with Gasteiger partial charge in [-0.2, -0.15) is 10.2 Å². The van der Waals surface area contributed by atoms with Crippen LogP contribution in [0.5, 0.6) is 0 Å². The Morgan fingerprint density at radius 3 is 2.74 bits per heavy atom. The largest absolute Gasteiger partial charge is 0.298 e. The molecule has 1 unspecified atom stereocenters. The lowest BCUT2D eigenvalue weighted by Gasteiger charge is -2.39. The maximum Gasteiger partial charge on any atom is 0.156 e. The second-order valence-electron chi connectivity index (χ2n) is 9.32. The normalized spacial score (nSPS) is 20.8. The van der Waals surface area contributed by atoms with Crippen LogP contribution in [-0.4, -0.2) is 47.9 Å². The maximum absolute atomic E-state index is 15.1. The number of hydrogen-bond acceptors (Lipinski definition) is 4. The number of aromatic nitrogens is 5. The van der Waals surface area contributed by atoms with Crippen molar-refractivity contribution in [1.29, 1.82) is 0 Å². The lowest BCUT2D eigenvalue weighted by atomic mass is 9.95. The topological polar surface area (TPSA) is 51.2 Å². The lowest BCUT2D eigenvalue weighted by molar-refractivity contribution is 0.0988. The Bertz CT molecular complexity index is 1310. The van der Waals surface area contributed by atoms with Crippen molar-refractivity contribution in [2.24, 2.45) is 0 Å². The fourth-order valence-electron chi connectivity index (χ4n) is 5.43. The fraction of sp³-hybridized carbons (Fsp3) is 0.458. The van der Waals surface area contributed by atoms with Gasteiger partial charge in [0.2, 0.25) is 0 Å². The molecule has 1 aromatic carbocycles. The number of piperidine rings is 1. The summed E-state index contributed by atoms with van der Waals surface area (Å²) in [5, 5.41) is 10.2. The minimum absolute atomic E-state index is 0.292. The Kier molecular flexibility index (Phi) is 4.03. The second-order valence-corrected chi connectivity index (χ2v) is 9.32. The number of likely N-dealkylation sites (tertiary alicyclic amines) is 1. The predicted molar refractivity (Wildman–Crippen MR) is 119 cm³/mol. The van der Waals surface area contributed by atoms with E-state index in [0.29, 0.717) is 17.1 Å². The van der Waals surface area contributed by atoms with Crippen molar-refractivity contribution in [1.82, 2.24) is 29.3 Å². The zero-order chi connectivity index (χ0) is 21.3. The van der Waals surface area contributed by atoms with Crippen LogP contribution in [-0.2, 0) is 0 Å². The van der Waals surface area contributed by atoms with Gasteiger partial charge in [-0.15, -0.1) is 0 Å². The Morgan fingerprint density at radius 1 is 1.13 bits per heavy atom. The van der Waals surface area contributed by atoms with Crippen LogP contribution in [0, 0.1) is 19.7 Å². The number of aryl methyl sites for hydroxylation is 2. The quantitative estimate of drug-likeness (QED) is 0.484. The highest BCUT2D eigenvalue weighted by atomic mass is 19.1. The van der Waals surface area contributed by atoms with Crippen LogP contribution in [0.1, 0.15) is 49.9 Å². The summed E-state index contributed by atoms with van der Waals surface area (Å²) in [5.41, 5.74) is 5.08. The molecule has 4 heterocycles. The molecule has 1 saturated heterocycles. The standard InChI is InChI=1S/C24H27FN6/c1-4-29-8-5-19(12-24(29)6-7-24)30-14-18-10-17(11-20(25)22(18)28-30)21-9-15(2)23-26-16(3)13-31(23)27-21/h9-11,13-14,19H,4-8,12H2,1-3H3. The highest BCUT2D eigenvalue weighted by molar-refractivity contribution is 5.84. The highest BCUT2D eigenvalue weighted by Gasteiger charge is 2.51. The zero-order valence-electron chi connectivity index (χ0n) is 18.3. The summed E-state index contributed by atoms with van der Waals surface area (Å²) < 4.78 is 18.9. The van der Waals surface area contributed by atoms with E-state index >= 15 is 4.39 Å². The van der Waals surface area contributed by atoms with Crippen LogP contribution < -0.4 is 0 Å². The lowest BCUT2D eigenvalue weighted by Crippen LogP contribution is -2.44. The first-order valence-electron chi connectivity index (χ1n) is 11.2. The van der Waals surface area contributed by atoms with Crippen LogP contribution in [0.2, 0.25) is 0 Å². The van der Waals surface area contributed by atoms with Gasteiger partial charge in [-0.3, -0.25) is 9.58 Å². The van der Waals surface area contributed by atoms with E-state index in [-0.39, 0.29) is 5.82 Å². The number of hydrogen-bond donors (Lipinski definition) is 0. The Hall–Kier alpha value is -2.80. The first-order valence-corrected chi connectivity index (χ1v) is 11.2. The van der Waals surface area contributed by atoms with Gasteiger partial charge in [-0.05, 0) is 69.8 Å². The monoisotopic (exact) mass is 418 g/mol. The van der Waals surface area contributed by atoms with E-state index < -0.39 is 0 Å². The summed E-state index contributed by atoms with van der Waals surface area (Å²) in [7, 11) is 0. The maximum atomic E-state index is 15.1. The smallest absolute Gasteiger partial charge is 0.156 e. The summed E-state index contributed by atoms with van der Waals surface area (Å²) in [6, 6.07) is 5.88. The molecule has 7 heteroatoms. The van der Waals surface area contributed by atoms with Gasteiger partial charge in [0.1, 0.15) is 5.52 Å². The van der Waals surface area contributed by atoms with Crippen molar-refractivity contribution in [3.8, 4) is 11.3 Å². The molecule has 6 nitrogen and oxygen atoms in total. The summed E-state index contributed by atoms with van der Waals surface area (Å²) in [4.78, 5) is 7.13. The molecule has 0 amide bonds. The number of imidazole rings is 1. The Morgan fingerprint density at radius 2 is 1.97 bits per heavy atom. The van der Waals surface area contributed by atoms with Gasteiger partial charge in [0, 0.05) is 29.2 Å². The third-order valence-corrected chi connectivity index (χ3v) is 7.21. The molecular weight excluding hydrogens is 391 g/mol. The van der Waals surface area contributed by atoms with E-state index in [1.807, 2.05) is 43.1 Å². The first-order chi connectivity index (χ1) is 15.0. The summed E-state index contributed by atoms with van der Waals surface area (Å²) >= 11 is 0. The molecule has 2 aliphatic rings. The minimum atomic E-state index is -0.292. The SMILES string of the molecule is CCN1CCC(n2cc3cc(-c4cc(C)c5nc(C)cn5n4)cc(F)c3n2)CC12CC2. The van der Waals surface area contributed by atoms with Gasteiger partial charge in [0.15, 0.2) is 11.5 Å². The molecule has 2 fully saturated rings. The molecule has 1 saturated carbocycles. The third-order valence-electron chi connectivity index (χ3n) is 7.21. The van der Waals surface area contributed by atoms with E-state index in [9.17, 15) is 0 Å². The van der Waals surface area contributed by atoms with Gasteiger partial charge in [0.05, 0.1) is 23.6 Å². The van der Waals surface area contributed by atoms with Crippen LogP contribution in [0.3, 0.4) is 0 Å². The zero-order valence-corrected chi connectivity index (χ0v) is 18.3. The van der Waals surface area contributed by atoms with Crippen molar-refractivity contribution in [3.05, 3.63) is 47.7 Å². The summed E-state index contributed by atoms with van der Waals surface area (Å²) in [6.45, 7) is 8.41. The van der Waals surface area contributed by atoms with Crippen LogP contribution in [0.25, 0.3) is 27.8 Å². The molecule has 31 heavy (non-hydrogen) atoms. The number of nitrogens with zero attached hydrogens (tertiary/aromatic N) is 6. The van der Waals surface area contributed by atoms with Gasteiger partial charge in [-0.1, -0.05) is 6.92 Å². The molecule has 160 valence electrons. The second kappa shape index (κ2) is 6.60. The Balaban J connectivity index is 1.38. The third kappa shape index (κ3) is 2.97. The molecule has 4 aromatic rings. The summed E-state index contributed by atoms with van der Waals surface area (Å²) in [6.07, 6.45) is 8.65. The molecule has 0 N–H and O–H groups in total. The molecule has 1 spiro atoms. The van der Waals surface area contributed by atoms with Crippen molar-refractivity contribution < 1.29 is 4.39 Å². The molecule has 1 aliphatic heterocycles. The van der Waals surface area contributed by atoms with E-state index in [1.165, 1.54) is 12.8 Å². The summed E-state index contributed by atoms with van der Waals surface area (Å²) in [5.74, 6) is -0.292. The first kappa shape index (κ1) is 18.9. The van der Waals surface area contributed by atoms with Gasteiger partial charge in [-0.25, -0.2) is 13.9 Å². The number of rotatable bonds is 3. The van der Waals surface area contributed by atoms with Crippen LogP contribution in [0.4, 0.5) is 4.39 Å². The van der Waals surface area contributed by atoms with Gasteiger partial charge in [0.25, 0.3) is 0 Å². The van der Waals surface area contributed by atoms with Gasteiger partial charge >= 0.3 is 0 Å². The average Bonchev–Trinajstić information content (AvgIpc) is 3.19. The van der Waals surface area contributed by atoms with E-state index in [0.717, 1.165) is 59.5 Å². The van der Waals surface area contributed by atoms with Crippen LogP contribution in [0.15, 0.2) is 30.6 Å². The van der Waals surface area contributed by atoms with E-state index in [1.54, 1.807) is 10.6 Å². The van der Waals surface area contributed by atoms with Crippen molar-refractivity contribution in [3.63, 3.8) is 0 Å². The van der Waals surface area contributed by atoms with Crippen LogP contribution >= 0.6 is 0 Å². The molecule has 0 bridgehead atoms. The minimum Gasteiger partial charge on any atom is -0.298 e. The molecule has 3 aromatic heterocycles. The highest BCUT2D eigenvalue weighted by Crippen LogP contribution is 2.51. The number of halogens is 1. The van der Waals surface area contributed by atoms with E-state index in [2.05, 4.69) is 27.0 Å². The van der Waals surface area contributed by atoms with Crippen molar-refractivity contribution >= 4 is 16.6 Å². The number of benzene rings is 1. The van der Waals surface area contributed by atoms with Crippen molar-refractivity contribution in [2.45, 2.75) is 58.0 Å². The average molecular weight is 419 g/mol.